The molecule has 1 unspecified atom stereocenters. The maximum absolute atomic E-state index is 12.0. The minimum absolute atomic E-state index is 0.194. The lowest BCUT2D eigenvalue weighted by Gasteiger charge is -2.10. The van der Waals surface area contributed by atoms with Gasteiger partial charge in [-0.1, -0.05) is 48.5 Å². The molecular weight excluding hydrogens is 292 g/mol. The topological polar surface area (TPSA) is 75.4 Å². The molecule has 1 aromatic heterocycles. The van der Waals surface area contributed by atoms with Crippen LogP contribution in [0.5, 0.6) is 0 Å². The van der Waals surface area contributed by atoms with Crippen LogP contribution in [0.3, 0.4) is 0 Å². The van der Waals surface area contributed by atoms with E-state index in [1.165, 1.54) is 6.26 Å². The average Bonchev–Trinajstić information content (AvgIpc) is 3.09. The van der Waals surface area contributed by atoms with E-state index >= 15 is 0 Å². The molecule has 2 N–H and O–H groups in total. The molecule has 0 aliphatic carbocycles. The van der Waals surface area contributed by atoms with E-state index in [1.807, 2.05) is 36.4 Å². The van der Waals surface area contributed by atoms with Crippen LogP contribution < -0.4 is 5.32 Å². The van der Waals surface area contributed by atoms with Crippen LogP contribution in [0.4, 0.5) is 0 Å². The summed E-state index contributed by atoms with van der Waals surface area (Å²) in [4.78, 5) is 16.3. The number of amides is 1. The summed E-state index contributed by atoms with van der Waals surface area (Å²) in [5.41, 5.74) is 2.02. The van der Waals surface area contributed by atoms with Crippen molar-refractivity contribution >= 4 is 5.91 Å². The molecule has 3 rings (SSSR count). The zero-order chi connectivity index (χ0) is 16.1. The van der Waals surface area contributed by atoms with Gasteiger partial charge in [-0.2, -0.15) is 0 Å². The van der Waals surface area contributed by atoms with Crippen molar-refractivity contribution in [3.8, 4) is 11.5 Å². The van der Waals surface area contributed by atoms with Crippen LogP contribution in [-0.4, -0.2) is 16.0 Å². The predicted octanol–water partition coefficient (Wildman–Crippen LogP) is 2.69. The Kier molecular flexibility index (Phi) is 4.49. The Balaban J connectivity index is 1.61. The van der Waals surface area contributed by atoms with Gasteiger partial charge in [-0.05, 0) is 17.7 Å². The van der Waals surface area contributed by atoms with Gasteiger partial charge in [-0.3, -0.25) is 4.79 Å². The Labute approximate surface area is 133 Å². The Morgan fingerprint density at radius 3 is 2.43 bits per heavy atom. The number of hydrogen-bond donors (Lipinski definition) is 2. The van der Waals surface area contributed by atoms with Crippen molar-refractivity contribution in [2.75, 3.05) is 0 Å². The lowest BCUT2D eigenvalue weighted by atomic mass is 10.1. The van der Waals surface area contributed by atoms with Crippen molar-refractivity contribution < 1.29 is 14.3 Å². The number of aliphatic hydroxyl groups excluding tert-OH is 1. The van der Waals surface area contributed by atoms with E-state index in [9.17, 15) is 9.90 Å². The monoisotopic (exact) mass is 308 g/mol. The highest BCUT2D eigenvalue weighted by Gasteiger charge is 2.17. The number of rotatable bonds is 5. The fourth-order valence-electron chi connectivity index (χ4n) is 2.16. The van der Waals surface area contributed by atoms with Crippen LogP contribution in [0, 0.1) is 0 Å². The molecule has 0 saturated heterocycles. The van der Waals surface area contributed by atoms with Gasteiger partial charge in [-0.15, -0.1) is 0 Å². The molecule has 5 nitrogen and oxygen atoms in total. The number of hydrogen-bond acceptors (Lipinski definition) is 4. The fraction of sp³-hybridized carbons (Fsp3) is 0.111. The third kappa shape index (κ3) is 3.64. The van der Waals surface area contributed by atoms with Gasteiger partial charge in [0.1, 0.15) is 6.26 Å². The average molecular weight is 308 g/mol. The van der Waals surface area contributed by atoms with Gasteiger partial charge in [0.25, 0.3) is 5.91 Å². The van der Waals surface area contributed by atoms with Crippen molar-refractivity contribution in [3.05, 3.63) is 78.2 Å². The minimum Gasteiger partial charge on any atom is -0.444 e. The summed E-state index contributed by atoms with van der Waals surface area (Å²) in [5.74, 6) is 0.0268. The van der Waals surface area contributed by atoms with Gasteiger partial charge >= 0.3 is 0 Å². The molecule has 2 aromatic carbocycles. The molecule has 23 heavy (non-hydrogen) atoms. The smallest absolute Gasteiger partial charge is 0.253 e. The summed E-state index contributed by atoms with van der Waals surface area (Å²) in [6, 6.07) is 18.3. The van der Waals surface area contributed by atoms with Crippen LogP contribution in [0.15, 0.2) is 71.3 Å². The lowest BCUT2D eigenvalue weighted by molar-refractivity contribution is -0.129. The first-order chi connectivity index (χ1) is 11.2. The van der Waals surface area contributed by atoms with Gasteiger partial charge in [0.15, 0.2) is 6.10 Å². The fourth-order valence-corrected chi connectivity index (χ4v) is 2.16. The highest BCUT2D eigenvalue weighted by molar-refractivity contribution is 5.81. The maximum Gasteiger partial charge on any atom is 0.253 e. The Morgan fingerprint density at radius 2 is 1.74 bits per heavy atom. The Bertz CT molecular complexity index is 769. The lowest BCUT2D eigenvalue weighted by Crippen LogP contribution is -2.28. The van der Waals surface area contributed by atoms with Gasteiger partial charge in [0.05, 0.1) is 12.2 Å². The summed E-state index contributed by atoms with van der Waals surface area (Å²) >= 11 is 0. The van der Waals surface area contributed by atoms with E-state index in [1.54, 1.807) is 24.3 Å². The molecule has 1 atom stereocenters. The second-order valence-electron chi connectivity index (χ2n) is 5.04. The van der Waals surface area contributed by atoms with E-state index in [0.717, 1.165) is 5.56 Å². The predicted molar refractivity (Wildman–Crippen MR) is 85.2 cm³/mol. The zero-order valence-electron chi connectivity index (χ0n) is 12.3. The number of benzene rings is 2. The van der Waals surface area contributed by atoms with Crippen molar-refractivity contribution in [3.63, 3.8) is 0 Å². The van der Waals surface area contributed by atoms with Crippen molar-refractivity contribution in [1.29, 1.82) is 0 Å². The van der Waals surface area contributed by atoms with E-state index in [-0.39, 0.29) is 6.54 Å². The third-order valence-electron chi connectivity index (χ3n) is 3.38. The quantitative estimate of drug-likeness (QED) is 0.760. The molecule has 1 amide bonds. The van der Waals surface area contributed by atoms with Crippen LogP contribution in [0.2, 0.25) is 0 Å². The molecular formula is C18H16N2O3. The number of oxazole rings is 1. The van der Waals surface area contributed by atoms with E-state index in [2.05, 4.69) is 10.3 Å². The largest absolute Gasteiger partial charge is 0.444 e. The first-order valence-electron chi connectivity index (χ1n) is 7.24. The van der Waals surface area contributed by atoms with Crippen molar-refractivity contribution in [2.45, 2.75) is 12.6 Å². The molecule has 5 heteroatoms. The molecule has 0 aliphatic heterocycles. The molecule has 0 spiro atoms. The Hall–Kier alpha value is -2.92. The summed E-state index contributed by atoms with van der Waals surface area (Å²) in [6.45, 7) is 0.194. The van der Waals surface area contributed by atoms with Crippen LogP contribution >= 0.6 is 0 Å². The molecule has 0 fully saturated rings. The summed E-state index contributed by atoms with van der Waals surface area (Å²) in [5, 5.41) is 12.6. The molecule has 1 heterocycles. The number of nitrogens with one attached hydrogen (secondary N) is 1. The van der Waals surface area contributed by atoms with E-state index in [0.29, 0.717) is 17.1 Å². The van der Waals surface area contributed by atoms with Crippen LogP contribution in [0.1, 0.15) is 17.4 Å². The second kappa shape index (κ2) is 6.89. The number of carbonyl (C=O) groups is 1. The number of carbonyl (C=O) groups excluding carboxylic acids is 1. The van der Waals surface area contributed by atoms with Crippen LogP contribution in [0.25, 0.3) is 11.5 Å². The van der Waals surface area contributed by atoms with Gasteiger partial charge in [0.2, 0.25) is 5.89 Å². The highest BCUT2D eigenvalue weighted by Crippen LogP contribution is 2.18. The molecule has 3 aromatic rings. The molecule has 116 valence electrons. The summed E-state index contributed by atoms with van der Waals surface area (Å²) < 4.78 is 5.40. The maximum atomic E-state index is 12.0. The van der Waals surface area contributed by atoms with E-state index in [4.69, 9.17) is 4.42 Å². The van der Waals surface area contributed by atoms with Crippen molar-refractivity contribution in [1.82, 2.24) is 10.3 Å². The van der Waals surface area contributed by atoms with Gasteiger partial charge in [0, 0.05) is 5.56 Å². The second-order valence-corrected chi connectivity index (χ2v) is 5.04. The normalized spacial score (nSPS) is 11.9. The highest BCUT2D eigenvalue weighted by atomic mass is 16.3. The molecule has 0 radical (unpaired) electrons. The Morgan fingerprint density at radius 1 is 1.09 bits per heavy atom. The number of nitrogens with zero attached hydrogens (tertiary/aromatic N) is 1. The third-order valence-corrected chi connectivity index (χ3v) is 3.38. The SMILES string of the molecule is O=C(NCc1coc(-c2ccccc2)n1)C(O)c1ccccc1. The van der Waals surface area contributed by atoms with Crippen molar-refractivity contribution in [2.24, 2.45) is 0 Å². The molecule has 0 aliphatic rings. The standard InChI is InChI=1S/C18H16N2O3/c21-16(13-7-3-1-4-8-13)17(22)19-11-15-12-23-18(20-15)14-9-5-2-6-10-14/h1-10,12,16,21H,11H2,(H,19,22). The first kappa shape index (κ1) is 15.0. The van der Waals surface area contributed by atoms with Gasteiger partial charge in [-0.25, -0.2) is 4.98 Å². The van der Waals surface area contributed by atoms with Crippen LogP contribution in [-0.2, 0) is 11.3 Å². The summed E-state index contributed by atoms with van der Waals surface area (Å²) in [7, 11) is 0. The first-order valence-corrected chi connectivity index (χ1v) is 7.24. The zero-order valence-corrected chi connectivity index (χ0v) is 12.3. The minimum atomic E-state index is -1.20. The molecule has 0 bridgehead atoms. The number of aliphatic hydroxyl groups is 1. The van der Waals surface area contributed by atoms with Gasteiger partial charge < -0.3 is 14.8 Å². The molecule has 0 saturated carbocycles. The number of aromatic nitrogens is 1. The summed E-state index contributed by atoms with van der Waals surface area (Å²) in [6.07, 6.45) is 0.300. The van der Waals surface area contributed by atoms with E-state index < -0.39 is 12.0 Å².